The molecule has 3 aromatic carbocycles. The minimum atomic E-state index is -1.33. The molecule has 0 amide bonds. The molecular weight excluding hydrogens is 396 g/mol. The van der Waals surface area contributed by atoms with E-state index in [0.717, 1.165) is 16.6 Å². The van der Waals surface area contributed by atoms with E-state index in [-0.39, 0.29) is 11.1 Å². The smallest absolute Gasteiger partial charge is 0.336 e. The maximum absolute atomic E-state index is 11.6. The second-order valence-corrected chi connectivity index (χ2v) is 6.87. The zero-order chi connectivity index (χ0) is 21.5. The van der Waals surface area contributed by atoms with Crippen LogP contribution in [0, 0.1) is 0 Å². The number of carboxylic acids is 2. The van der Waals surface area contributed by atoms with Gasteiger partial charge in [-0.2, -0.15) is 0 Å². The summed E-state index contributed by atoms with van der Waals surface area (Å²) in [4.78, 5) is 27.8. The lowest BCUT2D eigenvalue weighted by Gasteiger charge is -2.10. The van der Waals surface area contributed by atoms with Crippen molar-refractivity contribution in [3.63, 3.8) is 0 Å². The van der Waals surface area contributed by atoms with Crippen LogP contribution in [-0.4, -0.2) is 41.7 Å². The van der Waals surface area contributed by atoms with Gasteiger partial charge in [-0.05, 0) is 24.3 Å². The van der Waals surface area contributed by atoms with Gasteiger partial charge in [0.05, 0.1) is 22.2 Å². The molecule has 5 rings (SSSR count). The number of aromatic nitrogens is 4. The summed E-state index contributed by atoms with van der Waals surface area (Å²) >= 11 is 0. The van der Waals surface area contributed by atoms with Crippen molar-refractivity contribution in [2.24, 2.45) is 0 Å². The summed E-state index contributed by atoms with van der Waals surface area (Å²) in [5.41, 5.74) is 3.31. The van der Waals surface area contributed by atoms with Crippen molar-refractivity contribution >= 4 is 28.6 Å². The van der Waals surface area contributed by atoms with Crippen LogP contribution in [0.3, 0.4) is 0 Å². The fourth-order valence-corrected chi connectivity index (χ4v) is 3.61. The van der Waals surface area contributed by atoms with Gasteiger partial charge in [0, 0.05) is 11.1 Å². The normalized spacial score (nSPS) is 11.1. The molecule has 8 nitrogen and oxygen atoms in total. The van der Waals surface area contributed by atoms with Crippen LogP contribution in [0.4, 0.5) is 0 Å². The van der Waals surface area contributed by atoms with E-state index in [1.807, 2.05) is 59.0 Å². The molecule has 2 N–H and O–H groups in total. The highest BCUT2D eigenvalue weighted by atomic mass is 16.4. The number of hydrogen-bond acceptors (Lipinski definition) is 5. The Morgan fingerprint density at radius 3 is 2.19 bits per heavy atom. The van der Waals surface area contributed by atoms with Crippen LogP contribution in [0.15, 0.2) is 72.8 Å². The summed E-state index contributed by atoms with van der Waals surface area (Å²) in [5.74, 6) is -2.24. The fourth-order valence-electron chi connectivity index (χ4n) is 3.61. The van der Waals surface area contributed by atoms with E-state index in [4.69, 9.17) is 4.98 Å². The third-order valence-corrected chi connectivity index (χ3v) is 5.02. The van der Waals surface area contributed by atoms with Gasteiger partial charge < -0.3 is 10.2 Å². The lowest BCUT2D eigenvalue weighted by atomic mass is 10.0. The van der Waals surface area contributed by atoms with Gasteiger partial charge in [-0.3, -0.25) is 4.40 Å². The maximum atomic E-state index is 11.6. The number of fused-ring (bicyclic) bond motifs is 3. The van der Waals surface area contributed by atoms with Gasteiger partial charge in [0.15, 0.2) is 11.5 Å². The van der Waals surface area contributed by atoms with E-state index in [2.05, 4.69) is 10.2 Å². The first-order chi connectivity index (χ1) is 15.0. The SMILES string of the molecule is O=C(O)c1ccc(-c2nnc3c(-c4ccccc4)nc4ccccc4n23)cc1C(=O)O. The second kappa shape index (κ2) is 7.03. The highest BCUT2D eigenvalue weighted by molar-refractivity contribution is 6.02. The molecule has 0 bridgehead atoms. The first-order valence-electron chi connectivity index (χ1n) is 9.35. The van der Waals surface area contributed by atoms with Crippen LogP contribution in [0.1, 0.15) is 20.7 Å². The number of nitrogens with zero attached hydrogens (tertiary/aromatic N) is 4. The Bertz CT molecular complexity index is 1490. The molecule has 0 radical (unpaired) electrons. The van der Waals surface area contributed by atoms with Gasteiger partial charge in [-0.15, -0.1) is 10.2 Å². The molecule has 0 unspecified atom stereocenters. The monoisotopic (exact) mass is 410 g/mol. The topological polar surface area (TPSA) is 118 Å². The van der Waals surface area contributed by atoms with Crippen molar-refractivity contribution in [2.45, 2.75) is 0 Å². The number of rotatable bonds is 4. The number of benzene rings is 3. The molecule has 8 heteroatoms. The van der Waals surface area contributed by atoms with Crippen LogP contribution in [0.5, 0.6) is 0 Å². The maximum Gasteiger partial charge on any atom is 0.336 e. The van der Waals surface area contributed by atoms with Gasteiger partial charge in [0.25, 0.3) is 0 Å². The molecule has 0 fully saturated rings. The van der Waals surface area contributed by atoms with Crippen molar-refractivity contribution < 1.29 is 19.8 Å². The molecule has 0 spiro atoms. The molecule has 2 aromatic heterocycles. The van der Waals surface area contributed by atoms with Crippen molar-refractivity contribution in [1.29, 1.82) is 0 Å². The van der Waals surface area contributed by atoms with Gasteiger partial charge >= 0.3 is 11.9 Å². The summed E-state index contributed by atoms with van der Waals surface area (Å²) in [6.07, 6.45) is 0. The molecule has 0 aliphatic heterocycles. The second-order valence-electron chi connectivity index (χ2n) is 6.87. The van der Waals surface area contributed by atoms with Crippen LogP contribution in [-0.2, 0) is 0 Å². The molecule has 0 aliphatic carbocycles. The number of aromatic carboxylic acids is 2. The van der Waals surface area contributed by atoms with E-state index in [9.17, 15) is 19.8 Å². The van der Waals surface area contributed by atoms with Crippen LogP contribution in [0.25, 0.3) is 39.3 Å². The van der Waals surface area contributed by atoms with E-state index in [0.29, 0.717) is 22.7 Å². The highest BCUT2D eigenvalue weighted by Crippen LogP contribution is 2.30. The molecule has 0 aliphatic rings. The van der Waals surface area contributed by atoms with Crippen LogP contribution >= 0.6 is 0 Å². The zero-order valence-corrected chi connectivity index (χ0v) is 15.9. The number of hydrogen-bond donors (Lipinski definition) is 2. The quantitative estimate of drug-likeness (QED) is 0.460. The average Bonchev–Trinajstić information content (AvgIpc) is 3.24. The standard InChI is InChI=1S/C23H14N4O4/c28-22(29)15-11-10-14(12-16(15)23(30)31)20-25-26-21-19(13-6-2-1-3-7-13)24-17-8-4-5-9-18(17)27(20)21/h1-12H,(H,28,29)(H,30,31). The first kappa shape index (κ1) is 18.4. The lowest BCUT2D eigenvalue weighted by molar-refractivity contribution is 0.0651. The van der Waals surface area contributed by atoms with Crippen LogP contribution in [0.2, 0.25) is 0 Å². The van der Waals surface area contributed by atoms with Crippen molar-refractivity contribution in [2.75, 3.05) is 0 Å². The summed E-state index contributed by atoms with van der Waals surface area (Å²) < 4.78 is 1.81. The predicted molar refractivity (Wildman–Crippen MR) is 113 cm³/mol. The fraction of sp³-hybridized carbons (Fsp3) is 0. The van der Waals surface area contributed by atoms with Crippen molar-refractivity contribution in [3.05, 3.63) is 83.9 Å². The average molecular weight is 410 g/mol. The zero-order valence-electron chi connectivity index (χ0n) is 15.9. The molecule has 2 heterocycles. The van der Waals surface area contributed by atoms with E-state index >= 15 is 0 Å². The first-order valence-corrected chi connectivity index (χ1v) is 9.35. The Morgan fingerprint density at radius 1 is 0.742 bits per heavy atom. The minimum Gasteiger partial charge on any atom is -0.478 e. The number of carboxylic acid groups (broad SMARTS) is 2. The van der Waals surface area contributed by atoms with Crippen LogP contribution < -0.4 is 0 Å². The Hall–Kier alpha value is -4.59. The largest absolute Gasteiger partial charge is 0.478 e. The summed E-state index contributed by atoms with van der Waals surface area (Å²) in [7, 11) is 0. The molecule has 0 saturated carbocycles. The van der Waals surface area contributed by atoms with Crippen molar-refractivity contribution in [1.82, 2.24) is 19.6 Å². The highest BCUT2D eigenvalue weighted by Gasteiger charge is 2.21. The molecular formula is C23H14N4O4. The van der Waals surface area contributed by atoms with Gasteiger partial charge in [-0.25, -0.2) is 14.6 Å². The number of carbonyl (C=O) groups is 2. The molecule has 5 aromatic rings. The summed E-state index contributed by atoms with van der Waals surface area (Å²) in [6.45, 7) is 0. The summed E-state index contributed by atoms with van der Waals surface area (Å²) in [5, 5.41) is 27.5. The van der Waals surface area contributed by atoms with E-state index in [1.54, 1.807) is 0 Å². The number of para-hydroxylation sites is 2. The molecule has 31 heavy (non-hydrogen) atoms. The lowest BCUT2D eigenvalue weighted by Crippen LogP contribution is -2.08. The minimum absolute atomic E-state index is 0.290. The van der Waals surface area contributed by atoms with Gasteiger partial charge in [0.2, 0.25) is 0 Å². The Labute approximate surface area is 175 Å². The van der Waals surface area contributed by atoms with E-state index in [1.165, 1.54) is 18.2 Å². The Morgan fingerprint density at radius 2 is 1.45 bits per heavy atom. The van der Waals surface area contributed by atoms with Gasteiger partial charge in [0.1, 0.15) is 5.69 Å². The Kier molecular flexibility index (Phi) is 4.18. The predicted octanol–water partition coefficient (Wildman–Crippen LogP) is 4.01. The van der Waals surface area contributed by atoms with Crippen molar-refractivity contribution in [3.8, 4) is 22.6 Å². The third kappa shape index (κ3) is 2.98. The summed E-state index contributed by atoms with van der Waals surface area (Å²) in [6, 6.07) is 21.2. The van der Waals surface area contributed by atoms with Gasteiger partial charge in [-0.1, -0.05) is 48.5 Å². The third-order valence-electron chi connectivity index (χ3n) is 5.02. The Balaban J connectivity index is 1.84. The van der Waals surface area contributed by atoms with E-state index < -0.39 is 11.9 Å². The molecule has 150 valence electrons. The molecule has 0 atom stereocenters. The molecule has 0 saturated heterocycles.